The highest BCUT2D eigenvalue weighted by molar-refractivity contribution is 5.93. The molecule has 1 amide bonds. The number of H-pyrrole nitrogens is 1. The van der Waals surface area contributed by atoms with E-state index in [4.69, 9.17) is 4.74 Å². The van der Waals surface area contributed by atoms with Crippen molar-refractivity contribution in [1.82, 2.24) is 29.8 Å². The summed E-state index contributed by atoms with van der Waals surface area (Å²) in [7, 11) is 1.91. The maximum absolute atomic E-state index is 12.9. The Balaban J connectivity index is 1.30. The average molecular weight is 409 g/mol. The highest BCUT2D eigenvalue weighted by atomic mass is 16.5. The van der Waals surface area contributed by atoms with Crippen LogP contribution in [0.15, 0.2) is 36.4 Å². The number of carbonyl (C=O) groups excluding carboxylic acids is 1. The van der Waals surface area contributed by atoms with Crippen molar-refractivity contribution >= 4 is 5.91 Å². The van der Waals surface area contributed by atoms with Gasteiger partial charge < -0.3 is 9.64 Å². The fourth-order valence-corrected chi connectivity index (χ4v) is 3.86. The Bertz CT molecular complexity index is 1000. The first-order valence-corrected chi connectivity index (χ1v) is 10.3. The molecular formula is C22H28N6O2. The van der Waals surface area contributed by atoms with Crippen LogP contribution in [0.2, 0.25) is 0 Å². The van der Waals surface area contributed by atoms with Gasteiger partial charge in [0.05, 0.1) is 11.4 Å². The molecule has 3 heterocycles. The van der Waals surface area contributed by atoms with Crippen molar-refractivity contribution < 1.29 is 9.53 Å². The summed E-state index contributed by atoms with van der Waals surface area (Å²) < 4.78 is 7.61. The van der Waals surface area contributed by atoms with Crippen LogP contribution in [0.4, 0.5) is 0 Å². The van der Waals surface area contributed by atoms with Crippen LogP contribution in [0.3, 0.4) is 0 Å². The van der Waals surface area contributed by atoms with Crippen LogP contribution >= 0.6 is 0 Å². The zero-order valence-electron chi connectivity index (χ0n) is 17.8. The number of aromatic nitrogens is 4. The SMILES string of the molecule is Cc1nn(C)c(C)c1-c1cc(C(=O)N2CCN(CCOc3ccccc3)CC2)[nH]n1. The Labute approximate surface area is 176 Å². The summed E-state index contributed by atoms with van der Waals surface area (Å²) in [6.45, 7) is 8.53. The van der Waals surface area contributed by atoms with Crippen molar-refractivity contribution in [3.63, 3.8) is 0 Å². The Morgan fingerprint density at radius 3 is 2.53 bits per heavy atom. The fourth-order valence-electron chi connectivity index (χ4n) is 3.86. The van der Waals surface area contributed by atoms with Gasteiger partial charge in [0.25, 0.3) is 5.91 Å². The minimum atomic E-state index is -0.00636. The minimum absolute atomic E-state index is 0.00636. The van der Waals surface area contributed by atoms with Gasteiger partial charge in [-0.25, -0.2) is 0 Å². The number of ether oxygens (including phenoxy) is 1. The lowest BCUT2D eigenvalue weighted by Gasteiger charge is -2.34. The van der Waals surface area contributed by atoms with E-state index in [2.05, 4.69) is 20.2 Å². The van der Waals surface area contributed by atoms with E-state index in [0.29, 0.717) is 25.4 Å². The van der Waals surface area contributed by atoms with E-state index in [1.807, 2.05) is 66.9 Å². The second-order valence-electron chi connectivity index (χ2n) is 7.63. The molecule has 0 spiro atoms. The summed E-state index contributed by atoms with van der Waals surface area (Å²) in [5.74, 6) is 0.883. The number of para-hydroxylation sites is 1. The molecule has 30 heavy (non-hydrogen) atoms. The van der Waals surface area contributed by atoms with Crippen LogP contribution in [-0.4, -0.2) is 75.0 Å². The van der Waals surface area contributed by atoms with Crippen molar-refractivity contribution in [2.75, 3.05) is 39.3 Å². The first-order chi connectivity index (χ1) is 14.5. The van der Waals surface area contributed by atoms with E-state index < -0.39 is 0 Å². The number of carbonyl (C=O) groups is 1. The van der Waals surface area contributed by atoms with Gasteiger partial charge in [-0.3, -0.25) is 19.5 Å². The van der Waals surface area contributed by atoms with Gasteiger partial charge in [-0.2, -0.15) is 10.2 Å². The van der Waals surface area contributed by atoms with Crippen LogP contribution in [0.5, 0.6) is 5.75 Å². The third-order valence-electron chi connectivity index (χ3n) is 5.65. The van der Waals surface area contributed by atoms with Crippen LogP contribution in [-0.2, 0) is 7.05 Å². The van der Waals surface area contributed by atoms with Crippen molar-refractivity contribution in [2.24, 2.45) is 7.05 Å². The van der Waals surface area contributed by atoms with Crippen LogP contribution in [0.25, 0.3) is 11.3 Å². The second-order valence-corrected chi connectivity index (χ2v) is 7.63. The molecule has 2 aromatic heterocycles. The number of aryl methyl sites for hydroxylation is 2. The molecule has 0 unspecified atom stereocenters. The van der Waals surface area contributed by atoms with Gasteiger partial charge in [0.2, 0.25) is 0 Å². The molecule has 8 heteroatoms. The molecule has 158 valence electrons. The van der Waals surface area contributed by atoms with Crippen molar-refractivity contribution in [2.45, 2.75) is 13.8 Å². The molecule has 1 aliphatic rings. The molecule has 0 bridgehead atoms. The Morgan fingerprint density at radius 1 is 1.13 bits per heavy atom. The standard InChI is InChI=1S/C22H28N6O2/c1-16-21(17(2)26(3)25-16)19-15-20(24-23-19)22(29)28-11-9-27(10-12-28)13-14-30-18-7-5-4-6-8-18/h4-8,15H,9-14H2,1-3H3,(H,23,24). The van der Waals surface area contributed by atoms with Gasteiger partial charge >= 0.3 is 0 Å². The van der Waals surface area contributed by atoms with E-state index in [-0.39, 0.29) is 5.91 Å². The number of nitrogens with zero attached hydrogens (tertiary/aromatic N) is 5. The molecule has 1 N–H and O–H groups in total. The molecule has 1 saturated heterocycles. The first kappa shape index (κ1) is 20.2. The molecular weight excluding hydrogens is 380 g/mol. The van der Waals surface area contributed by atoms with Crippen LogP contribution in [0, 0.1) is 13.8 Å². The highest BCUT2D eigenvalue weighted by Gasteiger charge is 2.24. The van der Waals surface area contributed by atoms with E-state index in [1.54, 1.807) is 0 Å². The normalized spacial score (nSPS) is 14.8. The molecule has 0 saturated carbocycles. The molecule has 1 fully saturated rings. The van der Waals surface area contributed by atoms with Crippen molar-refractivity contribution in [3.05, 3.63) is 53.5 Å². The number of piperazine rings is 1. The van der Waals surface area contributed by atoms with Crippen LogP contribution < -0.4 is 4.74 Å². The topological polar surface area (TPSA) is 79.3 Å². The molecule has 1 aromatic carbocycles. The van der Waals surface area contributed by atoms with Gasteiger partial charge in [-0.1, -0.05) is 18.2 Å². The van der Waals surface area contributed by atoms with E-state index in [0.717, 1.165) is 48.0 Å². The Hall–Kier alpha value is -3.13. The van der Waals surface area contributed by atoms with E-state index in [9.17, 15) is 4.79 Å². The molecule has 0 aliphatic carbocycles. The number of amides is 1. The number of hydrogen-bond acceptors (Lipinski definition) is 5. The molecule has 3 aromatic rings. The molecule has 0 radical (unpaired) electrons. The summed E-state index contributed by atoms with van der Waals surface area (Å²) in [4.78, 5) is 17.1. The summed E-state index contributed by atoms with van der Waals surface area (Å²) in [6.07, 6.45) is 0. The summed E-state index contributed by atoms with van der Waals surface area (Å²) in [5, 5.41) is 11.7. The lowest BCUT2D eigenvalue weighted by atomic mass is 10.1. The molecule has 8 nitrogen and oxygen atoms in total. The zero-order valence-corrected chi connectivity index (χ0v) is 17.8. The predicted molar refractivity (Wildman–Crippen MR) is 115 cm³/mol. The Kier molecular flexibility index (Phi) is 5.85. The van der Waals surface area contributed by atoms with Gasteiger partial charge in [0.15, 0.2) is 0 Å². The Morgan fingerprint density at radius 2 is 1.87 bits per heavy atom. The summed E-state index contributed by atoms with van der Waals surface area (Å²) >= 11 is 0. The smallest absolute Gasteiger partial charge is 0.271 e. The van der Waals surface area contributed by atoms with E-state index >= 15 is 0 Å². The quantitative estimate of drug-likeness (QED) is 0.677. The second kappa shape index (κ2) is 8.71. The molecule has 0 atom stereocenters. The minimum Gasteiger partial charge on any atom is -0.492 e. The number of aromatic amines is 1. The number of rotatable bonds is 6. The third-order valence-corrected chi connectivity index (χ3v) is 5.65. The number of nitrogens with one attached hydrogen (secondary N) is 1. The van der Waals surface area contributed by atoms with E-state index in [1.165, 1.54) is 0 Å². The average Bonchev–Trinajstić information content (AvgIpc) is 3.33. The van der Waals surface area contributed by atoms with Gasteiger partial charge in [0, 0.05) is 51.0 Å². The van der Waals surface area contributed by atoms with Crippen molar-refractivity contribution in [1.29, 1.82) is 0 Å². The first-order valence-electron chi connectivity index (χ1n) is 10.3. The predicted octanol–water partition coefficient (Wildman–Crippen LogP) is 2.26. The monoisotopic (exact) mass is 408 g/mol. The number of benzene rings is 1. The largest absolute Gasteiger partial charge is 0.492 e. The fraction of sp³-hybridized carbons (Fsp3) is 0.409. The summed E-state index contributed by atoms with van der Waals surface area (Å²) in [6, 6.07) is 11.7. The molecule has 1 aliphatic heterocycles. The molecule has 4 rings (SSSR count). The van der Waals surface area contributed by atoms with Gasteiger partial charge in [0.1, 0.15) is 18.1 Å². The van der Waals surface area contributed by atoms with Crippen LogP contribution in [0.1, 0.15) is 21.9 Å². The summed E-state index contributed by atoms with van der Waals surface area (Å²) in [5.41, 5.74) is 4.21. The third kappa shape index (κ3) is 4.23. The number of hydrogen-bond donors (Lipinski definition) is 1. The zero-order chi connectivity index (χ0) is 21.1. The lowest BCUT2D eigenvalue weighted by Crippen LogP contribution is -2.49. The lowest BCUT2D eigenvalue weighted by molar-refractivity contribution is 0.0614. The maximum atomic E-state index is 12.9. The maximum Gasteiger partial charge on any atom is 0.271 e. The van der Waals surface area contributed by atoms with Gasteiger partial charge in [-0.05, 0) is 32.0 Å². The highest BCUT2D eigenvalue weighted by Crippen LogP contribution is 2.25. The van der Waals surface area contributed by atoms with Gasteiger partial charge in [-0.15, -0.1) is 0 Å². The van der Waals surface area contributed by atoms with Crippen molar-refractivity contribution in [3.8, 4) is 17.0 Å².